The van der Waals surface area contributed by atoms with Gasteiger partial charge < -0.3 is 16.2 Å². The van der Waals surface area contributed by atoms with E-state index in [0.29, 0.717) is 6.61 Å². The van der Waals surface area contributed by atoms with Crippen LogP contribution in [0.25, 0.3) is 0 Å². The van der Waals surface area contributed by atoms with Gasteiger partial charge in [0.25, 0.3) is 0 Å². The first kappa shape index (κ1) is 10.6. The van der Waals surface area contributed by atoms with E-state index in [2.05, 4.69) is 6.08 Å². The van der Waals surface area contributed by atoms with Crippen LogP contribution < -0.4 is 11.5 Å². The molecule has 1 heterocycles. The summed E-state index contributed by atoms with van der Waals surface area (Å²) in [5.74, 6) is 0. The predicted octanol–water partition coefficient (Wildman–Crippen LogP) is 1.22. The molecule has 1 aliphatic heterocycles. The number of nitrogens with two attached hydrogens (primary N) is 2. The molecule has 0 aromatic heterocycles. The van der Waals surface area contributed by atoms with Crippen molar-refractivity contribution in [3.05, 3.63) is 35.5 Å². The van der Waals surface area contributed by atoms with Crippen molar-refractivity contribution in [2.75, 3.05) is 6.61 Å². The maximum atomic E-state index is 6.03. The van der Waals surface area contributed by atoms with Crippen molar-refractivity contribution < 1.29 is 4.74 Å². The van der Waals surface area contributed by atoms with Crippen LogP contribution in [-0.2, 0) is 4.74 Å². The Bertz CT molecular complexity index is 362. The molecule has 0 fully saturated rings. The highest BCUT2D eigenvalue weighted by Crippen LogP contribution is 2.29. The molecule has 0 bridgehead atoms. The lowest BCUT2D eigenvalue weighted by Gasteiger charge is -2.31. The van der Waals surface area contributed by atoms with Crippen LogP contribution in [0.1, 0.15) is 20.3 Å². The molecule has 15 heavy (non-hydrogen) atoms. The Morgan fingerprint density at radius 2 is 1.73 bits per heavy atom. The molecule has 0 aromatic rings. The van der Waals surface area contributed by atoms with Gasteiger partial charge in [0.1, 0.15) is 5.72 Å². The van der Waals surface area contributed by atoms with Crippen LogP contribution in [0.15, 0.2) is 35.5 Å². The van der Waals surface area contributed by atoms with Crippen LogP contribution in [0, 0.1) is 0 Å². The molecule has 0 radical (unpaired) electrons. The average Bonchev–Trinajstić information content (AvgIpc) is 2.25. The van der Waals surface area contributed by atoms with Crippen molar-refractivity contribution in [3.63, 3.8) is 0 Å². The molecule has 0 saturated carbocycles. The summed E-state index contributed by atoms with van der Waals surface area (Å²) in [6.45, 7) is 4.45. The van der Waals surface area contributed by atoms with Gasteiger partial charge in [0.2, 0.25) is 0 Å². The molecule has 3 nitrogen and oxygen atoms in total. The van der Waals surface area contributed by atoms with Crippen molar-refractivity contribution in [2.24, 2.45) is 11.5 Å². The van der Waals surface area contributed by atoms with Gasteiger partial charge >= 0.3 is 0 Å². The molecule has 3 heteroatoms. The molecule has 1 aliphatic carbocycles. The van der Waals surface area contributed by atoms with Crippen molar-refractivity contribution in [3.8, 4) is 0 Å². The third-order valence-electron chi connectivity index (χ3n) is 2.80. The van der Waals surface area contributed by atoms with E-state index in [4.69, 9.17) is 16.2 Å². The zero-order chi connectivity index (χ0) is 11.1. The van der Waals surface area contributed by atoms with Crippen LogP contribution >= 0.6 is 0 Å². The first-order valence-corrected chi connectivity index (χ1v) is 5.20. The lowest BCUT2D eigenvalue weighted by atomic mass is 9.96. The first-order valence-electron chi connectivity index (χ1n) is 5.20. The van der Waals surface area contributed by atoms with Crippen LogP contribution in [0.3, 0.4) is 0 Å². The molecule has 2 atom stereocenters. The van der Waals surface area contributed by atoms with Crippen LogP contribution in [0.4, 0.5) is 0 Å². The lowest BCUT2D eigenvalue weighted by Crippen LogP contribution is -2.42. The lowest BCUT2D eigenvalue weighted by molar-refractivity contribution is -0.0219. The first-order chi connectivity index (χ1) is 6.88. The summed E-state index contributed by atoms with van der Waals surface area (Å²) in [4.78, 5) is 0. The highest BCUT2D eigenvalue weighted by Gasteiger charge is 2.27. The average molecular weight is 206 g/mol. The fraction of sp³-hybridized carbons (Fsp3) is 0.500. The second-order valence-corrected chi connectivity index (χ2v) is 4.86. The maximum Gasteiger partial charge on any atom is 0.118 e. The number of rotatable bonds is 0. The van der Waals surface area contributed by atoms with Gasteiger partial charge in [-0.2, -0.15) is 0 Å². The Hall–Kier alpha value is -0.900. The minimum absolute atomic E-state index is 0.373. The highest BCUT2D eigenvalue weighted by molar-refractivity contribution is 5.42. The van der Waals surface area contributed by atoms with E-state index >= 15 is 0 Å². The standard InChI is InChI=1S/C12H18N2O/c1-11(13)5-3-9-7-12(2,14)15-8-10(9)4-6-11/h3-6H,7-8,13-14H2,1-2H3. The maximum absolute atomic E-state index is 6.03. The van der Waals surface area contributed by atoms with E-state index in [1.54, 1.807) is 0 Å². The summed E-state index contributed by atoms with van der Waals surface area (Å²) < 4.78 is 5.55. The van der Waals surface area contributed by atoms with Crippen LogP contribution in [0.2, 0.25) is 0 Å². The summed E-state index contributed by atoms with van der Waals surface area (Å²) in [6.07, 6.45) is 8.86. The summed E-state index contributed by atoms with van der Waals surface area (Å²) >= 11 is 0. The number of ether oxygens (including phenoxy) is 1. The minimum Gasteiger partial charge on any atom is -0.356 e. The van der Waals surface area contributed by atoms with Crippen molar-refractivity contribution >= 4 is 0 Å². The zero-order valence-corrected chi connectivity index (χ0v) is 9.29. The third kappa shape index (κ3) is 2.37. The molecular weight excluding hydrogens is 188 g/mol. The van der Waals surface area contributed by atoms with Crippen LogP contribution in [0.5, 0.6) is 0 Å². The molecule has 0 amide bonds. The van der Waals surface area contributed by atoms with E-state index in [1.807, 2.05) is 32.1 Å². The van der Waals surface area contributed by atoms with Crippen LogP contribution in [-0.4, -0.2) is 17.9 Å². The van der Waals surface area contributed by atoms with E-state index in [0.717, 1.165) is 6.42 Å². The number of hydrogen-bond acceptors (Lipinski definition) is 3. The van der Waals surface area contributed by atoms with E-state index in [-0.39, 0.29) is 5.54 Å². The molecular formula is C12H18N2O. The normalized spacial score (nSPS) is 40.3. The molecule has 2 unspecified atom stereocenters. The molecule has 0 aromatic carbocycles. The summed E-state index contributed by atoms with van der Waals surface area (Å²) in [5, 5.41) is 0. The zero-order valence-electron chi connectivity index (χ0n) is 9.29. The molecule has 2 rings (SSSR count). The van der Waals surface area contributed by atoms with Gasteiger partial charge in [-0.25, -0.2) is 0 Å². The number of hydrogen-bond donors (Lipinski definition) is 2. The Balaban J connectivity index is 2.32. The van der Waals surface area contributed by atoms with E-state index in [9.17, 15) is 0 Å². The Morgan fingerprint density at radius 3 is 2.40 bits per heavy atom. The molecule has 4 N–H and O–H groups in total. The van der Waals surface area contributed by atoms with Gasteiger partial charge in [0.15, 0.2) is 0 Å². The second-order valence-electron chi connectivity index (χ2n) is 4.86. The molecule has 2 aliphatic rings. The second kappa shape index (κ2) is 3.30. The van der Waals surface area contributed by atoms with Crippen molar-refractivity contribution in [1.29, 1.82) is 0 Å². The van der Waals surface area contributed by atoms with Gasteiger partial charge in [-0.05, 0) is 25.0 Å². The van der Waals surface area contributed by atoms with Gasteiger partial charge in [0, 0.05) is 6.42 Å². The molecule has 82 valence electrons. The summed E-state index contributed by atoms with van der Waals surface area (Å²) in [7, 11) is 0. The Labute approximate surface area is 90.5 Å². The van der Waals surface area contributed by atoms with Gasteiger partial charge in [-0.1, -0.05) is 24.3 Å². The highest BCUT2D eigenvalue weighted by atomic mass is 16.5. The smallest absolute Gasteiger partial charge is 0.118 e. The fourth-order valence-electron chi connectivity index (χ4n) is 1.82. The quantitative estimate of drug-likeness (QED) is 0.626. The summed E-state index contributed by atoms with van der Waals surface area (Å²) in [6, 6.07) is 0. The van der Waals surface area contributed by atoms with Gasteiger partial charge in [-0.15, -0.1) is 0 Å². The van der Waals surface area contributed by atoms with Crippen molar-refractivity contribution in [1.82, 2.24) is 0 Å². The van der Waals surface area contributed by atoms with Gasteiger partial charge in [-0.3, -0.25) is 0 Å². The van der Waals surface area contributed by atoms with Gasteiger partial charge in [0.05, 0.1) is 12.1 Å². The SMILES string of the molecule is CC1(N)C=CC2=C(C=C1)CC(C)(N)OC2. The van der Waals surface area contributed by atoms with E-state index in [1.165, 1.54) is 11.1 Å². The minimum atomic E-state index is -0.549. The Kier molecular flexibility index (Phi) is 2.34. The predicted molar refractivity (Wildman–Crippen MR) is 61.1 cm³/mol. The monoisotopic (exact) mass is 206 g/mol. The third-order valence-corrected chi connectivity index (χ3v) is 2.80. The van der Waals surface area contributed by atoms with E-state index < -0.39 is 5.72 Å². The fourth-order valence-corrected chi connectivity index (χ4v) is 1.82. The van der Waals surface area contributed by atoms with Crippen molar-refractivity contribution in [2.45, 2.75) is 31.5 Å². The summed E-state index contributed by atoms with van der Waals surface area (Å²) in [5.41, 5.74) is 13.5. The molecule has 0 spiro atoms. The Morgan fingerprint density at radius 1 is 1.13 bits per heavy atom. The largest absolute Gasteiger partial charge is 0.356 e. The topological polar surface area (TPSA) is 61.3 Å². The number of allylic oxidation sites excluding steroid dienone is 1. The molecule has 0 saturated heterocycles.